The summed E-state index contributed by atoms with van der Waals surface area (Å²) in [6, 6.07) is 3.81. The molecule has 0 atom stereocenters. The maximum atomic E-state index is 12.3. The van der Waals surface area contributed by atoms with Crippen LogP contribution in [0.5, 0.6) is 5.75 Å². The van der Waals surface area contributed by atoms with Crippen LogP contribution in [0.4, 0.5) is 0 Å². The van der Waals surface area contributed by atoms with Gasteiger partial charge < -0.3 is 14.8 Å². The highest BCUT2D eigenvalue weighted by Gasteiger charge is 2.24. The van der Waals surface area contributed by atoms with Crippen LogP contribution in [0.2, 0.25) is 0 Å². The summed E-state index contributed by atoms with van der Waals surface area (Å²) in [5.74, 6) is 1.46. The van der Waals surface area contributed by atoms with Crippen molar-refractivity contribution in [1.29, 1.82) is 0 Å². The van der Waals surface area contributed by atoms with Gasteiger partial charge in [0.2, 0.25) is 0 Å². The molecule has 0 bridgehead atoms. The lowest BCUT2D eigenvalue weighted by Gasteiger charge is -2.27. The van der Waals surface area contributed by atoms with Gasteiger partial charge in [0.1, 0.15) is 5.75 Å². The van der Waals surface area contributed by atoms with Crippen LogP contribution in [0.15, 0.2) is 12.1 Å². The number of nitrogens with one attached hydrogen (secondary N) is 1. The summed E-state index contributed by atoms with van der Waals surface area (Å²) in [5, 5.41) is 3.38. The summed E-state index contributed by atoms with van der Waals surface area (Å²) in [6.07, 6.45) is 2.67. The minimum atomic E-state index is 0.213. The Morgan fingerprint density at radius 3 is 2.67 bits per heavy atom. The molecule has 21 heavy (non-hydrogen) atoms. The second kappa shape index (κ2) is 7.57. The smallest absolute Gasteiger partial charge is 0.188 e. The molecule has 0 aliphatic carbocycles. The van der Waals surface area contributed by atoms with Crippen molar-refractivity contribution in [3.8, 4) is 5.75 Å². The first kappa shape index (κ1) is 16.0. The third kappa shape index (κ3) is 3.63. The summed E-state index contributed by atoms with van der Waals surface area (Å²) in [4.78, 5) is 12.3. The minimum Gasteiger partial charge on any atom is -0.467 e. The van der Waals surface area contributed by atoms with Crippen LogP contribution < -0.4 is 10.1 Å². The first-order chi connectivity index (χ1) is 10.2. The largest absolute Gasteiger partial charge is 0.467 e. The van der Waals surface area contributed by atoms with Gasteiger partial charge >= 0.3 is 0 Å². The Morgan fingerprint density at radius 1 is 1.33 bits per heavy atom. The molecule has 1 fully saturated rings. The number of piperidine rings is 1. The zero-order chi connectivity index (χ0) is 15.2. The van der Waals surface area contributed by atoms with Gasteiger partial charge in [-0.3, -0.25) is 4.79 Å². The van der Waals surface area contributed by atoms with Crippen LogP contribution in [-0.2, 0) is 4.74 Å². The van der Waals surface area contributed by atoms with Crippen molar-refractivity contribution in [2.24, 2.45) is 0 Å². The predicted molar refractivity (Wildman–Crippen MR) is 83.1 cm³/mol. The molecule has 1 aliphatic rings. The zero-order valence-electron chi connectivity index (χ0n) is 13.2. The molecule has 4 nitrogen and oxygen atoms in total. The third-order valence-electron chi connectivity index (χ3n) is 4.17. The third-order valence-corrected chi connectivity index (χ3v) is 4.17. The van der Waals surface area contributed by atoms with Gasteiger partial charge in [0.05, 0.1) is 0 Å². The number of Topliss-reactive ketones (excluding diaryl/α,β-unsaturated/α-hetero) is 1. The number of ketones is 1. The molecule has 1 saturated heterocycles. The van der Waals surface area contributed by atoms with Crippen molar-refractivity contribution < 1.29 is 14.3 Å². The van der Waals surface area contributed by atoms with E-state index in [0.717, 1.165) is 42.8 Å². The predicted octanol–water partition coefficient (Wildman–Crippen LogP) is 3.04. The number of ether oxygens (including phenoxy) is 2. The zero-order valence-corrected chi connectivity index (χ0v) is 13.2. The maximum absolute atomic E-state index is 12.3. The summed E-state index contributed by atoms with van der Waals surface area (Å²) in [6.45, 7) is 6.21. The Morgan fingerprint density at radius 2 is 2.05 bits per heavy atom. The van der Waals surface area contributed by atoms with Crippen molar-refractivity contribution >= 4 is 5.78 Å². The molecule has 0 unspecified atom stereocenters. The van der Waals surface area contributed by atoms with E-state index in [9.17, 15) is 4.79 Å². The Kier molecular flexibility index (Phi) is 5.76. The molecule has 2 rings (SSSR count). The highest BCUT2D eigenvalue weighted by Crippen LogP contribution is 2.35. The molecule has 1 aliphatic heterocycles. The van der Waals surface area contributed by atoms with Gasteiger partial charge in [0.25, 0.3) is 0 Å². The van der Waals surface area contributed by atoms with Gasteiger partial charge in [-0.2, -0.15) is 0 Å². The van der Waals surface area contributed by atoms with Crippen LogP contribution >= 0.6 is 0 Å². The number of methoxy groups -OCH3 is 1. The maximum Gasteiger partial charge on any atom is 0.188 e. The highest BCUT2D eigenvalue weighted by atomic mass is 16.7. The fourth-order valence-electron chi connectivity index (χ4n) is 3.06. The van der Waals surface area contributed by atoms with Gasteiger partial charge in [-0.1, -0.05) is 6.92 Å². The molecule has 1 aromatic carbocycles. The second-order valence-corrected chi connectivity index (χ2v) is 5.50. The summed E-state index contributed by atoms with van der Waals surface area (Å²) >= 11 is 0. The van der Waals surface area contributed by atoms with Gasteiger partial charge in [-0.25, -0.2) is 0 Å². The van der Waals surface area contributed by atoms with E-state index in [0.29, 0.717) is 12.3 Å². The molecule has 0 radical (unpaired) electrons. The SMILES string of the molecule is CCC(=O)c1ccc(OCOC)c(C)c1C1CCNCC1. The Labute approximate surface area is 126 Å². The second-order valence-electron chi connectivity index (χ2n) is 5.50. The van der Waals surface area contributed by atoms with Crippen molar-refractivity contribution in [1.82, 2.24) is 5.32 Å². The van der Waals surface area contributed by atoms with Gasteiger partial charge in [0.15, 0.2) is 12.6 Å². The number of rotatable bonds is 6. The van der Waals surface area contributed by atoms with Crippen molar-refractivity contribution in [2.45, 2.75) is 39.0 Å². The number of carbonyl (C=O) groups excluding carboxylic acids is 1. The summed E-state index contributed by atoms with van der Waals surface area (Å²) in [5.41, 5.74) is 3.13. The van der Waals surface area contributed by atoms with Gasteiger partial charge in [0, 0.05) is 19.1 Å². The van der Waals surface area contributed by atoms with E-state index in [1.807, 2.05) is 19.1 Å². The molecule has 1 aromatic rings. The van der Waals surface area contributed by atoms with Crippen LogP contribution in [0.3, 0.4) is 0 Å². The lowest BCUT2D eigenvalue weighted by atomic mass is 9.82. The average Bonchev–Trinajstić information content (AvgIpc) is 2.53. The Balaban J connectivity index is 2.41. The van der Waals surface area contributed by atoms with E-state index in [1.54, 1.807) is 7.11 Å². The van der Waals surface area contributed by atoms with Crippen molar-refractivity contribution in [3.05, 3.63) is 28.8 Å². The van der Waals surface area contributed by atoms with Gasteiger partial charge in [-0.05, 0) is 62.0 Å². The van der Waals surface area contributed by atoms with Crippen LogP contribution in [0.25, 0.3) is 0 Å². The summed E-state index contributed by atoms with van der Waals surface area (Å²) < 4.78 is 10.6. The van der Waals surface area contributed by atoms with E-state index in [4.69, 9.17) is 9.47 Å². The minimum absolute atomic E-state index is 0.213. The molecule has 1 N–H and O–H groups in total. The lowest BCUT2D eigenvalue weighted by Crippen LogP contribution is -2.28. The number of hydrogen-bond acceptors (Lipinski definition) is 4. The Hall–Kier alpha value is -1.39. The average molecular weight is 291 g/mol. The van der Waals surface area contributed by atoms with E-state index >= 15 is 0 Å². The quantitative estimate of drug-likeness (QED) is 0.646. The van der Waals surface area contributed by atoms with Crippen molar-refractivity contribution in [3.63, 3.8) is 0 Å². The molecule has 0 aromatic heterocycles. The van der Waals surface area contributed by atoms with Gasteiger partial charge in [-0.15, -0.1) is 0 Å². The van der Waals surface area contributed by atoms with Crippen LogP contribution in [0.1, 0.15) is 53.6 Å². The standard InChI is InChI=1S/C17H25NO3/c1-4-15(19)14-5-6-16(21-11-20-3)12(2)17(14)13-7-9-18-10-8-13/h5-6,13,18H,4,7-11H2,1-3H3. The molecular formula is C17H25NO3. The molecule has 1 heterocycles. The molecule has 4 heteroatoms. The Bertz CT molecular complexity index is 493. The van der Waals surface area contributed by atoms with E-state index in [-0.39, 0.29) is 12.6 Å². The molecule has 0 saturated carbocycles. The highest BCUT2D eigenvalue weighted by molar-refractivity contribution is 5.98. The fraction of sp³-hybridized carbons (Fsp3) is 0.588. The normalized spacial score (nSPS) is 16.0. The van der Waals surface area contributed by atoms with Crippen LogP contribution in [0, 0.1) is 6.92 Å². The van der Waals surface area contributed by atoms with E-state index < -0.39 is 0 Å². The number of benzene rings is 1. The fourth-order valence-corrected chi connectivity index (χ4v) is 3.06. The van der Waals surface area contributed by atoms with Crippen LogP contribution in [-0.4, -0.2) is 32.8 Å². The molecular weight excluding hydrogens is 266 g/mol. The van der Waals surface area contributed by atoms with E-state index in [2.05, 4.69) is 12.2 Å². The summed E-state index contributed by atoms with van der Waals surface area (Å²) in [7, 11) is 1.61. The number of hydrogen-bond donors (Lipinski definition) is 1. The first-order valence-electron chi connectivity index (χ1n) is 7.68. The number of carbonyl (C=O) groups is 1. The molecule has 0 amide bonds. The van der Waals surface area contributed by atoms with E-state index in [1.165, 1.54) is 5.56 Å². The lowest BCUT2D eigenvalue weighted by molar-refractivity contribution is 0.0505. The molecule has 116 valence electrons. The monoisotopic (exact) mass is 291 g/mol. The first-order valence-corrected chi connectivity index (χ1v) is 7.68. The van der Waals surface area contributed by atoms with Crippen molar-refractivity contribution in [2.75, 3.05) is 27.0 Å². The molecule has 0 spiro atoms. The topological polar surface area (TPSA) is 47.6 Å².